The van der Waals surface area contributed by atoms with Crippen LogP contribution >= 0.6 is 0 Å². The Labute approximate surface area is 125 Å². The molecule has 0 aromatic heterocycles. The zero-order chi connectivity index (χ0) is 15.1. The topological polar surface area (TPSA) is 73.6 Å². The van der Waals surface area contributed by atoms with Gasteiger partial charge in [-0.3, -0.25) is 4.79 Å². The van der Waals surface area contributed by atoms with Gasteiger partial charge < -0.3 is 20.5 Å². The highest BCUT2D eigenvalue weighted by Gasteiger charge is 2.50. The molecule has 0 spiro atoms. The third-order valence-corrected chi connectivity index (χ3v) is 3.83. The number of methoxy groups -OCH3 is 1. The van der Waals surface area contributed by atoms with Gasteiger partial charge in [0.2, 0.25) is 5.91 Å². The Bertz CT molecular complexity index is 455. The summed E-state index contributed by atoms with van der Waals surface area (Å²) in [5.41, 5.74) is 7.15. The van der Waals surface area contributed by atoms with E-state index >= 15 is 0 Å². The maximum atomic E-state index is 12.3. The first kappa shape index (κ1) is 15.8. The summed E-state index contributed by atoms with van der Waals surface area (Å²) >= 11 is 0. The lowest BCUT2D eigenvalue weighted by molar-refractivity contribution is -0.123. The van der Waals surface area contributed by atoms with Crippen molar-refractivity contribution in [1.82, 2.24) is 5.32 Å². The molecule has 21 heavy (non-hydrogen) atoms. The van der Waals surface area contributed by atoms with Crippen molar-refractivity contribution >= 4 is 11.6 Å². The van der Waals surface area contributed by atoms with E-state index < -0.39 is 0 Å². The number of anilines is 1. The van der Waals surface area contributed by atoms with Crippen LogP contribution in [0.4, 0.5) is 5.69 Å². The molecule has 1 aliphatic carbocycles. The molecule has 0 bridgehead atoms. The molecule has 5 heteroatoms. The number of benzene rings is 1. The smallest absolute Gasteiger partial charge is 0.230 e. The van der Waals surface area contributed by atoms with Gasteiger partial charge in [-0.25, -0.2) is 0 Å². The Hall–Kier alpha value is -1.59. The molecular weight excluding hydrogens is 268 g/mol. The number of nitrogens with one attached hydrogen (secondary N) is 1. The van der Waals surface area contributed by atoms with Gasteiger partial charge in [-0.1, -0.05) is 12.1 Å². The van der Waals surface area contributed by atoms with E-state index in [0.29, 0.717) is 26.4 Å². The molecule has 1 aromatic rings. The van der Waals surface area contributed by atoms with Crippen molar-refractivity contribution in [2.75, 3.05) is 39.2 Å². The van der Waals surface area contributed by atoms with E-state index in [9.17, 15) is 4.79 Å². The van der Waals surface area contributed by atoms with Crippen LogP contribution in [0.15, 0.2) is 24.3 Å². The van der Waals surface area contributed by atoms with E-state index in [0.717, 1.165) is 30.5 Å². The lowest BCUT2D eigenvalue weighted by Gasteiger charge is -2.16. The van der Waals surface area contributed by atoms with Crippen molar-refractivity contribution in [1.29, 1.82) is 0 Å². The molecule has 1 saturated carbocycles. The van der Waals surface area contributed by atoms with Crippen molar-refractivity contribution in [3.8, 4) is 0 Å². The number of nitrogen functional groups attached to an aromatic ring is 1. The molecule has 1 aliphatic rings. The molecular formula is C16H24N2O3. The fourth-order valence-electron chi connectivity index (χ4n) is 2.36. The van der Waals surface area contributed by atoms with E-state index in [4.69, 9.17) is 15.2 Å². The minimum Gasteiger partial charge on any atom is -0.399 e. The van der Waals surface area contributed by atoms with Crippen molar-refractivity contribution in [2.24, 2.45) is 0 Å². The third-order valence-electron chi connectivity index (χ3n) is 3.83. The van der Waals surface area contributed by atoms with Crippen LogP contribution in [-0.2, 0) is 19.7 Å². The van der Waals surface area contributed by atoms with Crippen LogP contribution in [-0.4, -0.2) is 39.4 Å². The number of carbonyl (C=O) groups excluding carboxylic acids is 1. The van der Waals surface area contributed by atoms with E-state index in [-0.39, 0.29) is 11.3 Å². The predicted octanol–water partition coefficient (Wildman–Crippen LogP) is 1.47. The number of hydrogen-bond donors (Lipinski definition) is 2. The number of amides is 1. The Morgan fingerprint density at radius 2 is 1.95 bits per heavy atom. The summed E-state index contributed by atoms with van der Waals surface area (Å²) in [5.74, 6) is 0.115. The second-order valence-corrected chi connectivity index (χ2v) is 5.42. The van der Waals surface area contributed by atoms with Gasteiger partial charge in [0.15, 0.2) is 0 Å². The first-order valence-electron chi connectivity index (χ1n) is 7.40. The van der Waals surface area contributed by atoms with Gasteiger partial charge in [0.25, 0.3) is 0 Å². The molecule has 2 rings (SSSR count). The normalized spacial score (nSPS) is 15.7. The van der Waals surface area contributed by atoms with E-state index in [1.165, 1.54) is 0 Å². The van der Waals surface area contributed by atoms with Crippen LogP contribution in [0.5, 0.6) is 0 Å². The van der Waals surface area contributed by atoms with E-state index in [2.05, 4.69) is 5.32 Å². The number of rotatable bonds is 9. The highest BCUT2D eigenvalue weighted by molar-refractivity contribution is 5.91. The fraction of sp³-hybridized carbons (Fsp3) is 0.562. The molecule has 3 N–H and O–H groups in total. The SMILES string of the molecule is COCCOCCCNC(=O)C1(c2ccc(N)cc2)CC1. The van der Waals surface area contributed by atoms with Crippen molar-refractivity contribution in [2.45, 2.75) is 24.7 Å². The van der Waals surface area contributed by atoms with Gasteiger partial charge in [0.05, 0.1) is 18.6 Å². The standard InChI is InChI=1S/C16H24N2O3/c1-20-11-12-21-10-2-9-18-15(19)16(7-8-16)13-3-5-14(17)6-4-13/h3-6H,2,7-12,17H2,1H3,(H,18,19). The molecule has 1 aromatic carbocycles. The molecule has 0 radical (unpaired) electrons. The van der Waals surface area contributed by atoms with Gasteiger partial charge in [0, 0.05) is 25.9 Å². The second kappa shape index (κ2) is 7.43. The largest absolute Gasteiger partial charge is 0.399 e. The van der Waals surface area contributed by atoms with E-state index in [1.54, 1.807) is 7.11 Å². The number of hydrogen-bond acceptors (Lipinski definition) is 4. The first-order valence-corrected chi connectivity index (χ1v) is 7.40. The van der Waals surface area contributed by atoms with Gasteiger partial charge in [-0.05, 0) is 37.0 Å². The average molecular weight is 292 g/mol. The molecule has 5 nitrogen and oxygen atoms in total. The van der Waals surface area contributed by atoms with Crippen molar-refractivity contribution in [3.63, 3.8) is 0 Å². The van der Waals surface area contributed by atoms with Gasteiger partial charge in [-0.15, -0.1) is 0 Å². The summed E-state index contributed by atoms with van der Waals surface area (Å²) in [7, 11) is 1.65. The molecule has 1 fully saturated rings. The molecule has 0 aliphatic heterocycles. The second-order valence-electron chi connectivity index (χ2n) is 5.42. The highest BCUT2D eigenvalue weighted by atomic mass is 16.5. The molecule has 0 heterocycles. The maximum absolute atomic E-state index is 12.3. The van der Waals surface area contributed by atoms with Gasteiger partial charge >= 0.3 is 0 Å². The predicted molar refractivity (Wildman–Crippen MR) is 82.1 cm³/mol. The minimum atomic E-state index is -0.329. The number of carbonyl (C=O) groups is 1. The summed E-state index contributed by atoms with van der Waals surface area (Å²) in [6.07, 6.45) is 2.63. The zero-order valence-corrected chi connectivity index (χ0v) is 12.6. The Kier molecular flexibility index (Phi) is 5.59. The summed E-state index contributed by atoms with van der Waals surface area (Å²) in [5, 5.41) is 3.01. The lowest BCUT2D eigenvalue weighted by Crippen LogP contribution is -2.35. The van der Waals surface area contributed by atoms with Crippen LogP contribution in [0.2, 0.25) is 0 Å². The minimum absolute atomic E-state index is 0.115. The van der Waals surface area contributed by atoms with Crippen molar-refractivity contribution < 1.29 is 14.3 Å². The molecule has 0 unspecified atom stereocenters. The molecule has 0 atom stereocenters. The lowest BCUT2D eigenvalue weighted by atomic mass is 9.95. The van der Waals surface area contributed by atoms with Crippen LogP contribution in [0.1, 0.15) is 24.8 Å². The van der Waals surface area contributed by atoms with Crippen LogP contribution in [0.25, 0.3) is 0 Å². The molecule has 1 amide bonds. The number of ether oxygens (including phenoxy) is 2. The van der Waals surface area contributed by atoms with Crippen LogP contribution < -0.4 is 11.1 Å². The highest BCUT2D eigenvalue weighted by Crippen LogP contribution is 2.48. The Morgan fingerprint density at radius 3 is 2.57 bits per heavy atom. The van der Waals surface area contributed by atoms with Gasteiger partial charge in [-0.2, -0.15) is 0 Å². The first-order chi connectivity index (χ1) is 10.2. The average Bonchev–Trinajstić information content (AvgIpc) is 3.28. The Balaban J connectivity index is 1.72. The molecule has 116 valence electrons. The maximum Gasteiger partial charge on any atom is 0.230 e. The zero-order valence-electron chi connectivity index (χ0n) is 12.6. The molecule has 0 saturated heterocycles. The number of nitrogens with two attached hydrogens (primary N) is 1. The van der Waals surface area contributed by atoms with Gasteiger partial charge in [0.1, 0.15) is 0 Å². The van der Waals surface area contributed by atoms with Crippen LogP contribution in [0, 0.1) is 0 Å². The van der Waals surface area contributed by atoms with Crippen molar-refractivity contribution in [3.05, 3.63) is 29.8 Å². The summed E-state index contributed by atoms with van der Waals surface area (Å²) in [4.78, 5) is 12.3. The summed E-state index contributed by atoms with van der Waals surface area (Å²) < 4.78 is 10.3. The van der Waals surface area contributed by atoms with Crippen LogP contribution in [0.3, 0.4) is 0 Å². The van der Waals surface area contributed by atoms with E-state index in [1.807, 2.05) is 24.3 Å². The third kappa shape index (κ3) is 4.19. The Morgan fingerprint density at radius 1 is 1.24 bits per heavy atom. The summed E-state index contributed by atoms with van der Waals surface area (Å²) in [6, 6.07) is 7.62. The fourth-order valence-corrected chi connectivity index (χ4v) is 2.36. The monoisotopic (exact) mass is 292 g/mol. The summed E-state index contributed by atoms with van der Waals surface area (Å²) in [6.45, 7) is 2.48. The quantitative estimate of drug-likeness (QED) is 0.534.